The lowest BCUT2D eigenvalue weighted by atomic mass is 10.0. The van der Waals surface area contributed by atoms with Crippen molar-refractivity contribution < 1.29 is 9.32 Å². The minimum atomic E-state index is 0.193. The van der Waals surface area contributed by atoms with E-state index < -0.39 is 0 Å². The first kappa shape index (κ1) is 13.5. The van der Waals surface area contributed by atoms with Gasteiger partial charge in [0.15, 0.2) is 0 Å². The Balaban J connectivity index is 1.70. The van der Waals surface area contributed by atoms with Gasteiger partial charge in [-0.05, 0) is 37.1 Å². The summed E-state index contributed by atoms with van der Waals surface area (Å²) in [5.41, 5.74) is 0.886. The number of carbonyl (C=O) groups is 1. The Morgan fingerprint density at radius 2 is 1.95 bits per heavy atom. The minimum absolute atomic E-state index is 0.193. The standard InChI is InChI=1S/C15H15BrN2O2/c16-12-7-5-11(6-8-12)15-17-14(20-18-15)9-13(19)10-3-1-2-4-10/h5-8,10H,1-4,9H2. The molecular formula is C15H15BrN2O2. The van der Waals surface area contributed by atoms with E-state index in [0.717, 1.165) is 35.7 Å². The van der Waals surface area contributed by atoms with Crippen molar-refractivity contribution in [3.8, 4) is 11.4 Å². The van der Waals surface area contributed by atoms with Crippen LogP contribution in [0.3, 0.4) is 0 Å². The Morgan fingerprint density at radius 3 is 2.65 bits per heavy atom. The van der Waals surface area contributed by atoms with E-state index in [2.05, 4.69) is 26.1 Å². The third-order valence-corrected chi connectivity index (χ3v) is 4.24. The topological polar surface area (TPSA) is 56.0 Å². The van der Waals surface area contributed by atoms with Gasteiger partial charge in [0.1, 0.15) is 5.78 Å². The van der Waals surface area contributed by atoms with E-state index in [0.29, 0.717) is 11.7 Å². The molecule has 0 amide bonds. The quantitative estimate of drug-likeness (QED) is 0.853. The first-order valence-corrected chi connectivity index (χ1v) is 7.63. The molecule has 0 bridgehead atoms. The van der Waals surface area contributed by atoms with Gasteiger partial charge >= 0.3 is 0 Å². The zero-order valence-corrected chi connectivity index (χ0v) is 12.6. The number of benzene rings is 1. The van der Waals surface area contributed by atoms with E-state index in [1.165, 1.54) is 0 Å². The minimum Gasteiger partial charge on any atom is -0.339 e. The summed E-state index contributed by atoms with van der Waals surface area (Å²) < 4.78 is 6.19. The van der Waals surface area contributed by atoms with Crippen LogP contribution in [0.25, 0.3) is 11.4 Å². The van der Waals surface area contributed by atoms with Crippen molar-refractivity contribution in [3.63, 3.8) is 0 Å². The molecule has 0 radical (unpaired) electrons. The fraction of sp³-hybridized carbons (Fsp3) is 0.400. The van der Waals surface area contributed by atoms with Crippen molar-refractivity contribution >= 4 is 21.7 Å². The fourth-order valence-corrected chi connectivity index (χ4v) is 2.85. The SMILES string of the molecule is O=C(Cc1nc(-c2ccc(Br)cc2)no1)C1CCCC1. The van der Waals surface area contributed by atoms with Crippen molar-refractivity contribution in [2.24, 2.45) is 5.92 Å². The third-order valence-electron chi connectivity index (χ3n) is 3.71. The number of carbonyl (C=O) groups excluding carboxylic acids is 1. The van der Waals surface area contributed by atoms with Crippen molar-refractivity contribution in [2.45, 2.75) is 32.1 Å². The molecule has 0 saturated heterocycles. The maximum atomic E-state index is 12.1. The van der Waals surface area contributed by atoms with Crippen LogP contribution in [0.4, 0.5) is 0 Å². The number of nitrogens with zero attached hydrogens (tertiary/aromatic N) is 2. The van der Waals surface area contributed by atoms with E-state index in [4.69, 9.17) is 4.52 Å². The molecule has 1 saturated carbocycles. The summed E-state index contributed by atoms with van der Waals surface area (Å²) in [6.07, 6.45) is 4.59. The second-order valence-electron chi connectivity index (χ2n) is 5.14. The summed E-state index contributed by atoms with van der Waals surface area (Å²) in [7, 11) is 0. The van der Waals surface area contributed by atoms with Gasteiger partial charge in [0.2, 0.25) is 11.7 Å². The molecule has 4 nitrogen and oxygen atoms in total. The summed E-state index contributed by atoms with van der Waals surface area (Å²) in [5.74, 6) is 1.37. The first-order valence-electron chi connectivity index (χ1n) is 6.83. The number of halogens is 1. The molecule has 0 N–H and O–H groups in total. The molecule has 1 aromatic carbocycles. The van der Waals surface area contributed by atoms with Gasteiger partial charge in [-0.3, -0.25) is 4.79 Å². The van der Waals surface area contributed by atoms with Crippen molar-refractivity contribution in [3.05, 3.63) is 34.6 Å². The fourth-order valence-electron chi connectivity index (χ4n) is 2.58. The van der Waals surface area contributed by atoms with Crippen LogP contribution in [0, 0.1) is 5.92 Å². The third kappa shape index (κ3) is 2.98. The molecule has 0 spiro atoms. The molecule has 1 aliphatic carbocycles. The molecule has 20 heavy (non-hydrogen) atoms. The van der Waals surface area contributed by atoms with Gasteiger partial charge in [-0.1, -0.05) is 33.9 Å². The van der Waals surface area contributed by atoms with Crippen molar-refractivity contribution in [1.29, 1.82) is 0 Å². The molecule has 2 aromatic rings. The zero-order chi connectivity index (χ0) is 13.9. The maximum absolute atomic E-state index is 12.1. The summed E-state index contributed by atoms with van der Waals surface area (Å²) in [6, 6.07) is 7.68. The normalized spacial score (nSPS) is 15.7. The number of hydrogen-bond donors (Lipinski definition) is 0. The lowest BCUT2D eigenvalue weighted by Gasteiger charge is -2.04. The van der Waals surface area contributed by atoms with Crippen LogP contribution >= 0.6 is 15.9 Å². The zero-order valence-electron chi connectivity index (χ0n) is 11.0. The summed E-state index contributed by atoms with van der Waals surface area (Å²) in [4.78, 5) is 16.4. The van der Waals surface area contributed by atoms with Crippen LogP contribution in [0.15, 0.2) is 33.3 Å². The Kier molecular flexibility index (Phi) is 3.96. The predicted molar refractivity (Wildman–Crippen MR) is 78.1 cm³/mol. The molecule has 1 heterocycles. The smallest absolute Gasteiger partial charge is 0.234 e. The number of aromatic nitrogens is 2. The van der Waals surface area contributed by atoms with E-state index in [9.17, 15) is 4.79 Å². The first-order chi connectivity index (χ1) is 9.72. The van der Waals surface area contributed by atoms with Gasteiger partial charge in [0.25, 0.3) is 0 Å². The van der Waals surface area contributed by atoms with Gasteiger partial charge in [-0.2, -0.15) is 4.98 Å². The molecule has 5 heteroatoms. The summed E-state index contributed by atoms with van der Waals surface area (Å²) in [5, 5.41) is 3.94. The Morgan fingerprint density at radius 1 is 1.25 bits per heavy atom. The predicted octanol–water partition coefficient (Wildman–Crippen LogP) is 3.80. The average Bonchev–Trinajstić information content (AvgIpc) is 3.10. The van der Waals surface area contributed by atoms with Crippen LogP contribution in [0.2, 0.25) is 0 Å². The van der Waals surface area contributed by atoms with E-state index >= 15 is 0 Å². The number of ketones is 1. The Labute approximate surface area is 125 Å². The molecule has 0 aliphatic heterocycles. The van der Waals surface area contributed by atoms with Crippen molar-refractivity contribution in [1.82, 2.24) is 10.1 Å². The Bertz CT molecular complexity index is 601. The molecule has 0 atom stereocenters. The highest BCUT2D eigenvalue weighted by molar-refractivity contribution is 9.10. The average molecular weight is 335 g/mol. The van der Waals surface area contributed by atoms with E-state index in [1.54, 1.807) is 0 Å². The Hall–Kier alpha value is -1.49. The lowest BCUT2D eigenvalue weighted by molar-refractivity contribution is -0.122. The molecule has 1 fully saturated rings. The lowest BCUT2D eigenvalue weighted by Crippen LogP contribution is -2.13. The van der Waals surface area contributed by atoms with Gasteiger partial charge in [-0.25, -0.2) is 0 Å². The second-order valence-corrected chi connectivity index (χ2v) is 6.06. The second kappa shape index (κ2) is 5.87. The van der Waals surface area contributed by atoms with Crippen LogP contribution < -0.4 is 0 Å². The molecule has 0 unspecified atom stereocenters. The molecule has 104 valence electrons. The highest BCUT2D eigenvalue weighted by Crippen LogP contribution is 2.26. The van der Waals surface area contributed by atoms with Crippen LogP contribution in [0.5, 0.6) is 0 Å². The monoisotopic (exact) mass is 334 g/mol. The molecule has 1 aliphatic rings. The molecular weight excluding hydrogens is 320 g/mol. The number of hydrogen-bond acceptors (Lipinski definition) is 4. The number of rotatable bonds is 4. The highest BCUT2D eigenvalue weighted by atomic mass is 79.9. The van der Waals surface area contributed by atoms with Gasteiger partial charge in [-0.15, -0.1) is 0 Å². The molecule has 1 aromatic heterocycles. The largest absolute Gasteiger partial charge is 0.339 e. The van der Waals surface area contributed by atoms with E-state index in [-0.39, 0.29) is 18.1 Å². The summed E-state index contributed by atoms with van der Waals surface area (Å²) >= 11 is 3.38. The van der Waals surface area contributed by atoms with Crippen LogP contribution in [0.1, 0.15) is 31.6 Å². The maximum Gasteiger partial charge on any atom is 0.234 e. The van der Waals surface area contributed by atoms with Gasteiger partial charge in [0, 0.05) is 16.0 Å². The van der Waals surface area contributed by atoms with E-state index in [1.807, 2.05) is 24.3 Å². The highest BCUT2D eigenvalue weighted by Gasteiger charge is 2.24. The number of Topliss-reactive ketones (excluding diaryl/α,β-unsaturated/α-hetero) is 1. The van der Waals surface area contributed by atoms with Crippen LogP contribution in [-0.4, -0.2) is 15.9 Å². The van der Waals surface area contributed by atoms with Gasteiger partial charge < -0.3 is 4.52 Å². The van der Waals surface area contributed by atoms with Gasteiger partial charge in [0.05, 0.1) is 6.42 Å². The van der Waals surface area contributed by atoms with Crippen molar-refractivity contribution in [2.75, 3.05) is 0 Å². The molecule has 3 rings (SSSR count). The summed E-state index contributed by atoms with van der Waals surface area (Å²) in [6.45, 7) is 0. The van der Waals surface area contributed by atoms with Crippen LogP contribution in [-0.2, 0) is 11.2 Å².